The van der Waals surface area contributed by atoms with Crippen molar-refractivity contribution < 1.29 is 19.3 Å². The van der Waals surface area contributed by atoms with Crippen LogP contribution in [0.3, 0.4) is 0 Å². The summed E-state index contributed by atoms with van der Waals surface area (Å²) in [4.78, 5) is 56.1. The highest BCUT2D eigenvalue weighted by Gasteiger charge is 2.34. The molecule has 30 heavy (non-hydrogen) atoms. The summed E-state index contributed by atoms with van der Waals surface area (Å²) in [6, 6.07) is 4.07. The smallest absolute Gasteiger partial charge is 0.293 e. The fourth-order valence-electron chi connectivity index (χ4n) is 2.49. The third kappa shape index (κ3) is 4.81. The van der Waals surface area contributed by atoms with Crippen molar-refractivity contribution in [1.82, 2.24) is 20.2 Å². The Morgan fingerprint density at radius 3 is 2.77 bits per heavy atom. The number of thioether (sulfide) groups is 1. The van der Waals surface area contributed by atoms with E-state index in [9.17, 15) is 24.5 Å². The number of aromatic nitrogens is 2. The van der Waals surface area contributed by atoms with Crippen molar-refractivity contribution in [3.63, 3.8) is 0 Å². The highest BCUT2D eigenvalue weighted by atomic mass is 35.5. The number of nitrogens with one attached hydrogen (secondary N) is 1. The standard InChI is InChI=1S/C18H14ClN5O5S/c1-10-8-22-13(9-21-10)16(25)20-4-5-23-17(26)15(30-18(23)27)7-11-2-3-12(19)14(6-11)24(28)29/h2-3,6-9H,4-5H2,1H3,(H,20,25)/b15-7-. The molecule has 0 radical (unpaired) electrons. The number of benzene rings is 1. The molecule has 2 heterocycles. The summed E-state index contributed by atoms with van der Waals surface area (Å²) < 4.78 is 0. The predicted octanol–water partition coefficient (Wildman–Crippen LogP) is 2.81. The Balaban J connectivity index is 1.64. The molecule has 1 aromatic heterocycles. The van der Waals surface area contributed by atoms with Gasteiger partial charge >= 0.3 is 0 Å². The molecule has 3 amide bonds. The van der Waals surface area contributed by atoms with Crippen LogP contribution < -0.4 is 5.32 Å². The van der Waals surface area contributed by atoms with Crippen LogP contribution in [0.1, 0.15) is 21.7 Å². The zero-order chi connectivity index (χ0) is 21.8. The van der Waals surface area contributed by atoms with Crippen LogP contribution in [0.4, 0.5) is 10.5 Å². The number of carbonyl (C=O) groups is 3. The second kappa shape index (κ2) is 9.01. The molecule has 1 saturated heterocycles. The third-order valence-corrected chi connectivity index (χ3v) is 5.20. The van der Waals surface area contributed by atoms with E-state index in [1.54, 1.807) is 6.92 Å². The minimum Gasteiger partial charge on any atom is -0.349 e. The van der Waals surface area contributed by atoms with Gasteiger partial charge < -0.3 is 5.32 Å². The van der Waals surface area contributed by atoms with Crippen LogP contribution in [0.2, 0.25) is 5.02 Å². The SMILES string of the molecule is Cc1cnc(C(=O)NCCN2C(=O)S/C(=C\c3ccc(Cl)c([N+](=O)[O-])c3)C2=O)cn1. The molecule has 0 saturated carbocycles. The van der Waals surface area contributed by atoms with E-state index < -0.39 is 22.0 Å². The van der Waals surface area contributed by atoms with Crippen LogP contribution in [0.25, 0.3) is 6.08 Å². The first kappa shape index (κ1) is 21.4. The summed E-state index contributed by atoms with van der Waals surface area (Å²) in [5, 5.41) is 13.0. The quantitative estimate of drug-likeness (QED) is 0.405. The van der Waals surface area contributed by atoms with Gasteiger partial charge in [0.1, 0.15) is 10.7 Å². The molecule has 1 aromatic carbocycles. The van der Waals surface area contributed by atoms with Crippen LogP contribution in [0.15, 0.2) is 35.5 Å². The van der Waals surface area contributed by atoms with Crippen molar-refractivity contribution >= 4 is 52.2 Å². The monoisotopic (exact) mass is 447 g/mol. The predicted molar refractivity (Wildman–Crippen MR) is 110 cm³/mol. The fourth-order valence-corrected chi connectivity index (χ4v) is 3.54. The van der Waals surface area contributed by atoms with Crippen LogP contribution in [-0.2, 0) is 4.79 Å². The van der Waals surface area contributed by atoms with E-state index in [1.165, 1.54) is 36.7 Å². The lowest BCUT2D eigenvalue weighted by molar-refractivity contribution is -0.384. The molecule has 0 aliphatic carbocycles. The molecule has 1 N–H and O–H groups in total. The van der Waals surface area contributed by atoms with Gasteiger partial charge in [0.15, 0.2) is 0 Å². The van der Waals surface area contributed by atoms with Gasteiger partial charge in [-0.15, -0.1) is 0 Å². The van der Waals surface area contributed by atoms with E-state index in [1.807, 2.05) is 0 Å². The van der Waals surface area contributed by atoms with Gasteiger partial charge in [0.05, 0.1) is 21.7 Å². The topological polar surface area (TPSA) is 135 Å². The summed E-state index contributed by atoms with van der Waals surface area (Å²) in [6.45, 7) is 1.74. The van der Waals surface area contributed by atoms with Gasteiger partial charge in [-0.25, -0.2) is 4.98 Å². The van der Waals surface area contributed by atoms with Crippen LogP contribution in [0.5, 0.6) is 0 Å². The molecule has 0 spiro atoms. The largest absolute Gasteiger partial charge is 0.349 e. The zero-order valence-corrected chi connectivity index (χ0v) is 17.1. The molecule has 1 fully saturated rings. The molecule has 0 atom stereocenters. The summed E-state index contributed by atoms with van der Waals surface area (Å²) in [5.41, 5.74) is 0.857. The molecule has 0 unspecified atom stereocenters. The number of nitrogens with zero attached hydrogens (tertiary/aromatic N) is 4. The molecule has 10 nitrogen and oxygen atoms in total. The Morgan fingerprint density at radius 2 is 2.10 bits per heavy atom. The Bertz CT molecular complexity index is 1070. The molecule has 154 valence electrons. The molecule has 1 aliphatic rings. The van der Waals surface area contributed by atoms with Crippen molar-refractivity contribution in [2.45, 2.75) is 6.92 Å². The Kier molecular flexibility index (Phi) is 6.43. The number of carbonyl (C=O) groups excluding carboxylic acids is 3. The zero-order valence-electron chi connectivity index (χ0n) is 15.5. The minimum atomic E-state index is -0.632. The van der Waals surface area contributed by atoms with Crippen molar-refractivity contribution in [2.75, 3.05) is 13.1 Å². The average molecular weight is 448 g/mol. The van der Waals surface area contributed by atoms with Gasteiger partial charge in [0.2, 0.25) is 0 Å². The van der Waals surface area contributed by atoms with Crippen LogP contribution >= 0.6 is 23.4 Å². The van der Waals surface area contributed by atoms with Gasteiger partial charge in [-0.05, 0) is 36.4 Å². The summed E-state index contributed by atoms with van der Waals surface area (Å²) >= 11 is 6.49. The highest BCUT2D eigenvalue weighted by molar-refractivity contribution is 8.18. The first-order chi connectivity index (χ1) is 14.3. The molecule has 12 heteroatoms. The number of nitro benzene ring substituents is 1. The van der Waals surface area contributed by atoms with E-state index in [0.717, 1.165) is 4.90 Å². The van der Waals surface area contributed by atoms with Gasteiger partial charge in [-0.1, -0.05) is 17.7 Å². The molecule has 3 rings (SSSR count). The van der Waals surface area contributed by atoms with E-state index in [0.29, 0.717) is 23.0 Å². The van der Waals surface area contributed by atoms with Crippen molar-refractivity contribution in [3.8, 4) is 0 Å². The molecular formula is C18H14ClN5O5S. The normalized spacial score (nSPS) is 15.0. The van der Waals surface area contributed by atoms with Gasteiger partial charge in [-0.2, -0.15) is 0 Å². The Morgan fingerprint density at radius 1 is 1.33 bits per heavy atom. The lowest BCUT2D eigenvalue weighted by Crippen LogP contribution is -2.37. The molecule has 0 bridgehead atoms. The third-order valence-electron chi connectivity index (χ3n) is 3.97. The number of aryl methyl sites for hydroxylation is 1. The lowest BCUT2D eigenvalue weighted by Gasteiger charge is -2.12. The minimum absolute atomic E-state index is 0.0285. The van der Waals surface area contributed by atoms with Gasteiger partial charge in [-0.3, -0.25) is 34.4 Å². The molecule has 2 aromatic rings. The van der Waals surface area contributed by atoms with E-state index in [4.69, 9.17) is 11.6 Å². The number of amides is 3. The van der Waals surface area contributed by atoms with Gasteiger partial charge in [0, 0.05) is 25.4 Å². The summed E-state index contributed by atoms with van der Waals surface area (Å²) in [5.74, 6) is -1.02. The number of hydrogen-bond acceptors (Lipinski definition) is 8. The van der Waals surface area contributed by atoms with Gasteiger partial charge in [0.25, 0.3) is 22.7 Å². The fraction of sp³-hybridized carbons (Fsp3) is 0.167. The van der Waals surface area contributed by atoms with E-state index >= 15 is 0 Å². The maximum atomic E-state index is 12.5. The highest BCUT2D eigenvalue weighted by Crippen LogP contribution is 2.33. The van der Waals surface area contributed by atoms with E-state index in [-0.39, 0.29) is 34.4 Å². The first-order valence-corrected chi connectivity index (χ1v) is 9.72. The maximum Gasteiger partial charge on any atom is 0.293 e. The average Bonchev–Trinajstić information content (AvgIpc) is 2.97. The van der Waals surface area contributed by atoms with Crippen molar-refractivity contribution in [2.24, 2.45) is 0 Å². The summed E-state index contributed by atoms with van der Waals surface area (Å²) in [6.07, 6.45) is 4.17. The molecular weight excluding hydrogens is 434 g/mol. The first-order valence-electron chi connectivity index (χ1n) is 8.52. The van der Waals surface area contributed by atoms with Crippen molar-refractivity contribution in [3.05, 3.63) is 67.6 Å². The van der Waals surface area contributed by atoms with E-state index in [2.05, 4.69) is 15.3 Å². The lowest BCUT2D eigenvalue weighted by atomic mass is 10.2. The van der Waals surface area contributed by atoms with Crippen LogP contribution in [0, 0.1) is 17.0 Å². The van der Waals surface area contributed by atoms with Crippen molar-refractivity contribution in [1.29, 1.82) is 0 Å². The number of halogens is 1. The Labute approximate surface area is 179 Å². The second-order valence-electron chi connectivity index (χ2n) is 6.10. The maximum absolute atomic E-state index is 12.5. The Hall–Kier alpha value is -3.31. The second-order valence-corrected chi connectivity index (χ2v) is 7.50. The summed E-state index contributed by atoms with van der Waals surface area (Å²) in [7, 11) is 0. The number of imide groups is 1. The molecule has 1 aliphatic heterocycles. The number of rotatable bonds is 6. The number of nitro groups is 1. The van der Waals surface area contributed by atoms with Crippen LogP contribution in [-0.4, -0.2) is 49.9 Å². The number of hydrogen-bond donors (Lipinski definition) is 1.